The van der Waals surface area contributed by atoms with Gasteiger partial charge >= 0.3 is 0 Å². The van der Waals surface area contributed by atoms with E-state index in [-0.39, 0.29) is 5.41 Å². The lowest BCUT2D eigenvalue weighted by Gasteiger charge is -2.18. The van der Waals surface area contributed by atoms with E-state index >= 15 is 0 Å². The van der Waals surface area contributed by atoms with Gasteiger partial charge in [-0.05, 0) is 24.6 Å². The maximum atomic E-state index is 5.25. The van der Waals surface area contributed by atoms with Crippen LogP contribution in [0, 0.1) is 6.92 Å². The molecule has 2 rings (SSSR count). The Hall–Kier alpha value is -1.42. The first-order valence-electron chi connectivity index (χ1n) is 5.77. The molecule has 0 N–H and O–H groups in total. The van der Waals surface area contributed by atoms with Crippen LogP contribution in [0.4, 0.5) is 0 Å². The summed E-state index contributed by atoms with van der Waals surface area (Å²) in [6.45, 7) is 9.05. The zero-order chi connectivity index (χ0) is 12.6. The molecule has 0 aromatic carbocycles. The molecule has 0 spiro atoms. The van der Waals surface area contributed by atoms with Crippen molar-refractivity contribution in [1.82, 2.24) is 14.6 Å². The van der Waals surface area contributed by atoms with Gasteiger partial charge in [-0.15, -0.1) is 10.2 Å². The molecule has 0 radical (unpaired) electrons. The van der Waals surface area contributed by atoms with E-state index in [4.69, 9.17) is 4.74 Å². The first kappa shape index (κ1) is 12.0. The molecule has 2 aromatic heterocycles. The highest BCUT2D eigenvalue weighted by atomic mass is 16.5. The van der Waals surface area contributed by atoms with Crippen molar-refractivity contribution in [3.8, 4) is 0 Å². The molecule has 4 nitrogen and oxygen atoms in total. The van der Waals surface area contributed by atoms with Crippen LogP contribution in [0.3, 0.4) is 0 Å². The van der Waals surface area contributed by atoms with E-state index in [1.165, 1.54) is 5.56 Å². The molecule has 0 bridgehead atoms. The van der Waals surface area contributed by atoms with Gasteiger partial charge in [0.25, 0.3) is 0 Å². The van der Waals surface area contributed by atoms with Crippen molar-refractivity contribution in [3.05, 3.63) is 29.2 Å². The SMILES string of the molecule is COCc1cc(C)cc2nnc(C(C)(C)C)n12. The fourth-order valence-corrected chi connectivity index (χ4v) is 1.99. The fourth-order valence-electron chi connectivity index (χ4n) is 1.99. The molecular weight excluding hydrogens is 214 g/mol. The standard InChI is InChI=1S/C13H19N3O/c1-9-6-10(8-17-5)16-11(7-9)14-15-12(16)13(2,3)4/h6-7H,8H2,1-5H3. The first-order valence-corrected chi connectivity index (χ1v) is 5.77. The van der Waals surface area contributed by atoms with Gasteiger partial charge in [-0.3, -0.25) is 4.40 Å². The van der Waals surface area contributed by atoms with E-state index in [0.717, 1.165) is 17.2 Å². The fraction of sp³-hybridized carbons (Fsp3) is 0.538. The Bertz CT molecular complexity index is 537. The molecule has 0 aliphatic carbocycles. The summed E-state index contributed by atoms with van der Waals surface area (Å²) in [6, 6.07) is 4.16. The van der Waals surface area contributed by atoms with Crippen LogP contribution in [0.1, 0.15) is 37.9 Å². The molecule has 2 aromatic rings. The highest BCUT2D eigenvalue weighted by Crippen LogP contribution is 2.23. The molecular formula is C13H19N3O. The van der Waals surface area contributed by atoms with Crippen LogP contribution in [-0.2, 0) is 16.8 Å². The van der Waals surface area contributed by atoms with Crippen LogP contribution in [0.25, 0.3) is 5.65 Å². The Labute approximate surface area is 102 Å². The van der Waals surface area contributed by atoms with Gasteiger partial charge in [0.15, 0.2) is 5.65 Å². The monoisotopic (exact) mass is 233 g/mol. The van der Waals surface area contributed by atoms with Crippen LogP contribution in [-0.4, -0.2) is 21.7 Å². The summed E-state index contributed by atoms with van der Waals surface area (Å²) in [5.41, 5.74) is 3.13. The summed E-state index contributed by atoms with van der Waals surface area (Å²) < 4.78 is 7.35. The van der Waals surface area contributed by atoms with Crippen molar-refractivity contribution in [2.24, 2.45) is 0 Å². The molecule has 2 heterocycles. The highest BCUT2D eigenvalue weighted by molar-refractivity contribution is 5.44. The Morgan fingerprint density at radius 1 is 1.24 bits per heavy atom. The Kier molecular flexibility index (Phi) is 2.91. The number of hydrogen-bond donors (Lipinski definition) is 0. The zero-order valence-electron chi connectivity index (χ0n) is 11.1. The van der Waals surface area contributed by atoms with Crippen molar-refractivity contribution in [2.75, 3.05) is 7.11 Å². The van der Waals surface area contributed by atoms with E-state index in [2.05, 4.69) is 48.4 Å². The van der Waals surface area contributed by atoms with E-state index in [0.29, 0.717) is 6.61 Å². The lowest BCUT2D eigenvalue weighted by Crippen LogP contribution is -2.17. The lowest BCUT2D eigenvalue weighted by molar-refractivity contribution is 0.180. The van der Waals surface area contributed by atoms with Crippen LogP contribution in [0.15, 0.2) is 12.1 Å². The summed E-state index contributed by atoms with van der Waals surface area (Å²) in [5, 5.41) is 8.55. The number of methoxy groups -OCH3 is 1. The van der Waals surface area contributed by atoms with Gasteiger partial charge in [-0.25, -0.2) is 0 Å². The minimum absolute atomic E-state index is 0.0306. The predicted octanol–water partition coefficient (Wildman–Crippen LogP) is 2.48. The molecule has 0 unspecified atom stereocenters. The number of aromatic nitrogens is 3. The number of fused-ring (bicyclic) bond motifs is 1. The third-order valence-electron chi connectivity index (χ3n) is 2.69. The van der Waals surface area contributed by atoms with E-state index in [1.54, 1.807) is 7.11 Å². The second kappa shape index (κ2) is 4.11. The quantitative estimate of drug-likeness (QED) is 0.800. The van der Waals surface area contributed by atoms with Gasteiger partial charge in [0.05, 0.1) is 12.3 Å². The minimum Gasteiger partial charge on any atom is -0.378 e. The number of pyridine rings is 1. The second-order valence-electron chi connectivity index (χ2n) is 5.42. The van der Waals surface area contributed by atoms with Gasteiger partial charge in [0.1, 0.15) is 5.82 Å². The molecule has 0 atom stereocenters. The molecule has 0 saturated carbocycles. The molecule has 0 fully saturated rings. The lowest BCUT2D eigenvalue weighted by atomic mass is 9.95. The Morgan fingerprint density at radius 2 is 1.94 bits per heavy atom. The molecule has 17 heavy (non-hydrogen) atoms. The number of nitrogens with zero attached hydrogens (tertiary/aromatic N) is 3. The molecule has 4 heteroatoms. The van der Waals surface area contributed by atoms with E-state index in [1.807, 2.05) is 6.07 Å². The molecule has 0 aliphatic heterocycles. The summed E-state index contributed by atoms with van der Waals surface area (Å²) >= 11 is 0. The third kappa shape index (κ3) is 2.17. The van der Waals surface area contributed by atoms with Gasteiger partial charge in [-0.2, -0.15) is 0 Å². The average Bonchev–Trinajstić information content (AvgIpc) is 2.60. The minimum atomic E-state index is -0.0306. The van der Waals surface area contributed by atoms with E-state index < -0.39 is 0 Å². The van der Waals surface area contributed by atoms with Crippen LogP contribution in [0.2, 0.25) is 0 Å². The van der Waals surface area contributed by atoms with Crippen molar-refractivity contribution in [3.63, 3.8) is 0 Å². The smallest absolute Gasteiger partial charge is 0.161 e. The number of ether oxygens (including phenoxy) is 1. The van der Waals surface area contributed by atoms with Gasteiger partial charge < -0.3 is 4.74 Å². The Balaban J connectivity index is 2.73. The normalized spacial score (nSPS) is 12.3. The number of rotatable bonds is 2. The van der Waals surface area contributed by atoms with Crippen molar-refractivity contribution >= 4 is 5.65 Å². The Morgan fingerprint density at radius 3 is 2.53 bits per heavy atom. The van der Waals surface area contributed by atoms with Gasteiger partial charge in [0.2, 0.25) is 0 Å². The first-order chi connectivity index (χ1) is 7.93. The molecule has 92 valence electrons. The zero-order valence-corrected chi connectivity index (χ0v) is 11.1. The van der Waals surface area contributed by atoms with Gasteiger partial charge in [0, 0.05) is 12.5 Å². The summed E-state index contributed by atoms with van der Waals surface area (Å²) in [7, 11) is 1.70. The van der Waals surface area contributed by atoms with Crippen molar-refractivity contribution < 1.29 is 4.74 Å². The van der Waals surface area contributed by atoms with Gasteiger partial charge in [-0.1, -0.05) is 20.8 Å². The average molecular weight is 233 g/mol. The highest BCUT2D eigenvalue weighted by Gasteiger charge is 2.22. The molecule has 0 aliphatic rings. The van der Waals surface area contributed by atoms with Crippen molar-refractivity contribution in [1.29, 1.82) is 0 Å². The maximum absolute atomic E-state index is 5.25. The van der Waals surface area contributed by atoms with Crippen LogP contribution in [0.5, 0.6) is 0 Å². The second-order valence-corrected chi connectivity index (χ2v) is 5.42. The van der Waals surface area contributed by atoms with Crippen LogP contribution >= 0.6 is 0 Å². The molecule has 0 saturated heterocycles. The summed E-state index contributed by atoms with van der Waals surface area (Å²) in [6.07, 6.45) is 0. The van der Waals surface area contributed by atoms with E-state index in [9.17, 15) is 0 Å². The summed E-state index contributed by atoms with van der Waals surface area (Å²) in [5.74, 6) is 0.972. The summed E-state index contributed by atoms with van der Waals surface area (Å²) in [4.78, 5) is 0. The number of aryl methyl sites for hydroxylation is 1. The molecule has 0 amide bonds. The predicted molar refractivity (Wildman–Crippen MR) is 67.1 cm³/mol. The largest absolute Gasteiger partial charge is 0.378 e. The van der Waals surface area contributed by atoms with Crippen LogP contribution < -0.4 is 0 Å². The third-order valence-corrected chi connectivity index (χ3v) is 2.69. The van der Waals surface area contributed by atoms with Crippen molar-refractivity contribution in [2.45, 2.75) is 39.7 Å². The topological polar surface area (TPSA) is 39.4 Å². The maximum Gasteiger partial charge on any atom is 0.161 e. The number of hydrogen-bond acceptors (Lipinski definition) is 3.